The van der Waals surface area contributed by atoms with Gasteiger partial charge in [0.2, 0.25) is 0 Å². The first-order valence-electron chi connectivity index (χ1n) is 6.39. The Bertz CT molecular complexity index is 585. The first kappa shape index (κ1) is 12.3. The van der Waals surface area contributed by atoms with Gasteiger partial charge in [0.15, 0.2) is 0 Å². The number of anilines is 3. The van der Waals surface area contributed by atoms with Crippen LogP contribution in [-0.4, -0.2) is 25.1 Å². The summed E-state index contributed by atoms with van der Waals surface area (Å²) >= 11 is 5.87. The van der Waals surface area contributed by atoms with Crippen LogP contribution in [0.15, 0.2) is 42.5 Å². The second-order valence-corrected chi connectivity index (χ2v) is 4.95. The lowest BCUT2D eigenvalue weighted by atomic mass is 10.1. The number of hydrogen-bond acceptors (Lipinski definition) is 3. The maximum Gasteiger partial charge on any atom is 0.133 e. The highest BCUT2D eigenvalue weighted by Crippen LogP contribution is 2.35. The molecule has 1 aromatic carbocycles. The summed E-state index contributed by atoms with van der Waals surface area (Å²) in [6.07, 6.45) is 0. The van der Waals surface area contributed by atoms with Crippen molar-refractivity contribution < 1.29 is 0 Å². The molecule has 0 atom stereocenters. The maximum atomic E-state index is 5.87. The summed E-state index contributed by atoms with van der Waals surface area (Å²) in [5.74, 6) is 1.42. The third kappa shape index (κ3) is 2.26. The molecule has 0 unspecified atom stereocenters. The predicted molar refractivity (Wildman–Crippen MR) is 80.5 cm³/mol. The van der Waals surface area contributed by atoms with Gasteiger partial charge in [-0.1, -0.05) is 18.2 Å². The zero-order chi connectivity index (χ0) is 13.2. The predicted octanol–water partition coefficient (Wildman–Crippen LogP) is 3.41. The fourth-order valence-electron chi connectivity index (χ4n) is 2.44. The summed E-state index contributed by atoms with van der Waals surface area (Å²) in [4.78, 5) is 9.14. The van der Waals surface area contributed by atoms with Gasteiger partial charge in [0.25, 0.3) is 0 Å². The van der Waals surface area contributed by atoms with Gasteiger partial charge in [0, 0.05) is 20.1 Å². The highest BCUT2D eigenvalue weighted by Gasteiger charge is 2.21. The Kier molecular flexibility index (Phi) is 3.30. The number of likely N-dealkylation sites (N-methyl/N-ethyl adjacent to an activating group) is 1. The van der Waals surface area contributed by atoms with Gasteiger partial charge < -0.3 is 9.80 Å². The highest BCUT2D eigenvalue weighted by molar-refractivity contribution is 6.16. The van der Waals surface area contributed by atoms with Crippen LogP contribution in [0.5, 0.6) is 0 Å². The molecule has 0 aliphatic carbocycles. The van der Waals surface area contributed by atoms with Gasteiger partial charge in [-0.2, -0.15) is 0 Å². The fourth-order valence-corrected chi connectivity index (χ4v) is 2.58. The van der Waals surface area contributed by atoms with Gasteiger partial charge in [-0.25, -0.2) is 4.98 Å². The third-order valence-corrected chi connectivity index (χ3v) is 3.72. The molecule has 0 spiro atoms. The quantitative estimate of drug-likeness (QED) is 0.782. The summed E-state index contributed by atoms with van der Waals surface area (Å²) in [7, 11) is 2.12. The maximum absolute atomic E-state index is 5.87. The molecule has 3 nitrogen and oxygen atoms in total. The Morgan fingerprint density at radius 2 is 1.84 bits per heavy atom. The number of benzene rings is 1. The van der Waals surface area contributed by atoms with E-state index < -0.39 is 0 Å². The highest BCUT2D eigenvalue weighted by atomic mass is 35.5. The van der Waals surface area contributed by atoms with Crippen molar-refractivity contribution in [2.24, 2.45) is 0 Å². The van der Waals surface area contributed by atoms with Gasteiger partial charge in [-0.3, -0.25) is 0 Å². The van der Waals surface area contributed by atoms with Crippen LogP contribution in [0.4, 0.5) is 17.2 Å². The minimum atomic E-state index is 0.448. The molecular formula is C15H16ClN3. The second kappa shape index (κ2) is 5.10. The number of nitrogens with zero attached hydrogens (tertiary/aromatic N) is 3. The van der Waals surface area contributed by atoms with Crippen molar-refractivity contribution in [2.75, 3.05) is 29.9 Å². The van der Waals surface area contributed by atoms with Crippen molar-refractivity contribution in [3.63, 3.8) is 0 Å². The van der Waals surface area contributed by atoms with Gasteiger partial charge in [-0.05, 0) is 24.3 Å². The molecule has 4 heteroatoms. The minimum absolute atomic E-state index is 0.448. The summed E-state index contributed by atoms with van der Waals surface area (Å²) in [6.45, 7) is 1.93. The minimum Gasteiger partial charge on any atom is -0.371 e. The molecule has 0 N–H and O–H groups in total. The first-order chi connectivity index (χ1) is 9.29. The van der Waals surface area contributed by atoms with Crippen LogP contribution in [0.3, 0.4) is 0 Å². The normalized spacial score (nSPS) is 14.4. The molecule has 0 bridgehead atoms. The van der Waals surface area contributed by atoms with Crippen molar-refractivity contribution in [1.82, 2.24) is 4.98 Å². The number of aromatic nitrogens is 1. The number of alkyl halides is 1. The molecule has 2 heterocycles. The van der Waals surface area contributed by atoms with Gasteiger partial charge in [0.05, 0.1) is 22.9 Å². The molecule has 3 rings (SSSR count). The van der Waals surface area contributed by atoms with E-state index >= 15 is 0 Å². The zero-order valence-corrected chi connectivity index (χ0v) is 11.6. The Morgan fingerprint density at radius 1 is 1.05 bits per heavy atom. The van der Waals surface area contributed by atoms with E-state index in [1.54, 1.807) is 0 Å². The lowest BCUT2D eigenvalue weighted by Gasteiger charge is -2.36. The lowest BCUT2D eigenvalue weighted by Crippen LogP contribution is -2.36. The fraction of sp³-hybridized carbons (Fsp3) is 0.267. The van der Waals surface area contributed by atoms with Crippen molar-refractivity contribution in [3.8, 4) is 0 Å². The molecule has 0 fully saturated rings. The van der Waals surface area contributed by atoms with Gasteiger partial charge >= 0.3 is 0 Å². The van der Waals surface area contributed by atoms with E-state index in [1.807, 2.05) is 18.2 Å². The van der Waals surface area contributed by atoms with Crippen molar-refractivity contribution >= 4 is 28.8 Å². The van der Waals surface area contributed by atoms with Crippen LogP contribution in [0, 0.1) is 0 Å². The van der Waals surface area contributed by atoms with E-state index in [-0.39, 0.29) is 0 Å². The van der Waals surface area contributed by atoms with Crippen LogP contribution in [-0.2, 0) is 5.88 Å². The molecule has 98 valence electrons. The number of pyridine rings is 1. The van der Waals surface area contributed by atoms with E-state index in [0.29, 0.717) is 5.88 Å². The number of fused-ring (bicyclic) bond motifs is 1. The van der Waals surface area contributed by atoms with Gasteiger partial charge in [-0.15, -0.1) is 11.6 Å². The molecule has 1 aromatic heterocycles. The third-order valence-electron chi connectivity index (χ3n) is 3.45. The monoisotopic (exact) mass is 273 g/mol. The van der Waals surface area contributed by atoms with Crippen molar-refractivity contribution in [2.45, 2.75) is 5.88 Å². The number of rotatable bonds is 2. The summed E-state index contributed by atoms with van der Waals surface area (Å²) in [5, 5.41) is 0. The average Bonchev–Trinajstić information content (AvgIpc) is 2.48. The molecule has 0 radical (unpaired) electrons. The number of hydrogen-bond donors (Lipinski definition) is 0. The smallest absolute Gasteiger partial charge is 0.133 e. The van der Waals surface area contributed by atoms with Crippen LogP contribution in [0.2, 0.25) is 0 Å². The summed E-state index contributed by atoms with van der Waals surface area (Å²) in [5.41, 5.74) is 3.36. The van der Waals surface area contributed by atoms with Crippen LogP contribution in [0.25, 0.3) is 0 Å². The van der Waals surface area contributed by atoms with Crippen LogP contribution in [0.1, 0.15) is 5.69 Å². The molecular weight excluding hydrogens is 258 g/mol. The molecule has 19 heavy (non-hydrogen) atoms. The number of halogens is 1. The number of para-hydroxylation sites is 2. The Hall–Kier alpha value is -1.74. The molecule has 1 aliphatic heterocycles. The van der Waals surface area contributed by atoms with Gasteiger partial charge in [0.1, 0.15) is 5.82 Å². The molecule has 0 amide bonds. The topological polar surface area (TPSA) is 19.4 Å². The molecule has 2 aromatic rings. The Labute approximate surface area is 118 Å². The lowest BCUT2D eigenvalue weighted by molar-refractivity contribution is 0.811. The van der Waals surface area contributed by atoms with E-state index in [9.17, 15) is 0 Å². The van der Waals surface area contributed by atoms with Crippen LogP contribution < -0.4 is 9.80 Å². The Morgan fingerprint density at radius 3 is 2.63 bits per heavy atom. The van der Waals surface area contributed by atoms with E-state index in [0.717, 1.165) is 24.6 Å². The van der Waals surface area contributed by atoms with E-state index in [4.69, 9.17) is 11.6 Å². The summed E-state index contributed by atoms with van der Waals surface area (Å²) in [6, 6.07) is 14.4. The average molecular weight is 274 g/mol. The SMILES string of the molecule is CN1CCN(c2cccc(CCl)n2)c2ccccc21. The first-order valence-corrected chi connectivity index (χ1v) is 6.92. The van der Waals surface area contributed by atoms with Crippen LogP contribution >= 0.6 is 11.6 Å². The second-order valence-electron chi connectivity index (χ2n) is 4.68. The molecule has 0 saturated heterocycles. The largest absolute Gasteiger partial charge is 0.371 e. The van der Waals surface area contributed by atoms with Crippen molar-refractivity contribution in [3.05, 3.63) is 48.2 Å². The zero-order valence-electron chi connectivity index (χ0n) is 10.9. The molecule has 0 saturated carbocycles. The molecule has 1 aliphatic rings. The standard InChI is InChI=1S/C15H16ClN3/c1-18-9-10-19(14-7-3-2-6-13(14)18)15-8-4-5-12(11-16)17-15/h2-8H,9-11H2,1H3. The van der Waals surface area contributed by atoms with E-state index in [2.05, 4.69) is 46.1 Å². The van der Waals surface area contributed by atoms with Crippen molar-refractivity contribution in [1.29, 1.82) is 0 Å². The Balaban J connectivity index is 2.04. The van der Waals surface area contributed by atoms with E-state index in [1.165, 1.54) is 11.4 Å². The summed E-state index contributed by atoms with van der Waals surface area (Å²) < 4.78 is 0.